The average Bonchev–Trinajstić information content (AvgIpc) is 2.86. The topological polar surface area (TPSA) is 46.3 Å². The van der Waals surface area contributed by atoms with Gasteiger partial charge in [-0.15, -0.1) is 0 Å². The number of likely N-dealkylation sites (tertiary alicyclic amines) is 1. The average molecular weight is 299 g/mol. The molecule has 1 aromatic rings. The van der Waals surface area contributed by atoms with E-state index in [9.17, 15) is 4.79 Å². The summed E-state index contributed by atoms with van der Waals surface area (Å²) in [5.74, 6) is 0.396. The van der Waals surface area contributed by atoms with Crippen molar-refractivity contribution < 1.29 is 4.79 Å². The van der Waals surface area contributed by atoms with Gasteiger partial charge >= 0.3 is 0 Å². The normalized spacial score (nSPS) is 19.3. The van der Waals surface area contributed by atoms with Crippen molar-refractivity contribution in [1.29, 1.82) is 0 Å². The Morgan fingerprint density at radius 1 is 1.42 bits per heavy atom. The summed E-state index contributed by atoms with van der Waals surface area (Å²) in [6.07, 6.45) is 4.16. The second kappa shape index (κ2) is 6.42. The molecule has 3 nitrogen and oxygen atoms in total. The van der Waals surface area contributed by atoms with Crippen molar-refractivity contribution in [3.05, 3.63) is 39.9 Å². The molecule has 0 radical (unpaired) electrons. The summed E-state index contributed by atoms with van der Waals surface area (Å²) in [5, 5.41) is 1.08. The summed E-state index contributed by atoms with van der Waals surface area (Å²) >= 11 is 12.1. The van der Waals surface area contributed by atoms with Gasteiger partial charge in [-0.2, -0.15) is 0 Å². The van der Waals surface area contributed by atoms with E-state index in [-0.39, 0.29) is 5.91 Å². The number of hydrogen-bond acceptors (Lipinski definition) is 2. The highest BCUT2D eigenvalue weighted by Crippen LogP contribution is 2.25. The van der Waals surface area contributed by atoms with Gasteiger partial charge in [0.05, 0.1) is 0 Å². The van der Waals surface area contributed by atoms with Crippen LogP contribution < -0.4 is 5.73 Å². The smallest absolute Gasteiger partial charge is 0.246 e. The molecule has 2 N–H and O–H groups in total. The van der Waals surface area contributed by atoms with Crippen LogP contribution in [0.15, 0.2) is 24.3 Å². The van der Waals surface area contributed by atoms with Gasteiger partial charge in [0.1, 0.15) is 0 Å². The maximum absolute atomic E-state index is 12.0. The predicted octanol–water partition coefficient (Wildman–Crippen LogP) is 2.81. The fourth-order valence-corrected chi connectivity index (χ4v) is 2.68. The Hall–Kier alpha value is -1.03. The van der Waals surface area contributed by atoms with Crippen molar-refractivity contribution in [2.24, 2.45) is 11.7 Å². The van der Waals surface area contributed by atoms with E-state index >= 15 is 0 Å². The molecule has 1 saturated heterocycles. The second-order valence-corrected chi connectivity index (χ2v) is 5.46. The zero-order chi connectivity index (χ0) is 13.8. The highest BCUT2D eigenvalue weighted by Gasteiger charge is 2.23. The van der Waals surface area contributed by atoms with E-state index in [2.05, 4.69) is 0 Å². The number of hydrogen-bond donors (Lipinski definition) is 1. The molecule has 5 heteroatoms. The first-order valence-corrected chi connectivity index (χ1v) is 6.98. The number of carbonyl (C=O) groups is 1. The zero-order valence-corrected chi connectivity index (χ0v) is 12.0. The molecule has 1 unspecified atom stereocenters. The molecule has 0 aliphatic carbocycles. The number of nitrogens with two attached hydrogens (primary N) is 1. The molecule has 1 aromatic carbocycles. The van der Waals surface area contributed by atoms with Crippen molar-refractivity contribution in [2.45, 2.75) is 6.42 Å². The van der Waals surface area contributed by atoms with Crippen LogP contribution in [0.5, 0.6) is 0 Å². The molecular formula is C14H16Cl2N2O. The number of nitrogens with zero attached hydrogens (tertiary/aromatic N) is 1. The fraction of sp³-hybridized carbons (Fsp3) is 0.357. The third-order valence-corrected chi connectivity index (χ3v) is 3.98. The molecule has 1 aliphatic heterocycles. The summed E-state index contributed by atoms with van der Waals surface area (Å²) in [5.41, 5.74) is 6.28. The Balaban J connectivity index is 2.05. The molecule has 19 heavy (non-hydrogen) atoms. The molecule has 1 fully saturated rings. The van der Waals surface area contributed by atoms with Gasteiger partial charge in [-0.3, -0.25) is 4.79 Å². The van der Waals surface area contributed by atoms with Gasteiger partial charge in [-0.05, 0) is 37.1 Å². The lowest BCUT2D eigenvalue weighted by molar-refractivity contribution is -0.125. The van der Waals surface area contributed by atoms with E-state index < -0.39 is 0 Å². The Labute approximate surface area is 123 Å². The first-order valence-electron chi connectivity index (χ1n) is 6.23. The third-order valence-electron chi connectivity index (χ3n) is 3.32. The third kappa shape index (κ3) is 3.50. The Morgan fingerprint density at radius 3 is 2.68 bits per heavy atom. The van der Waals surface area contributed by atoms with Gasteiger partial charge in [-0.1, -0.05) is 29.3 Å². The van der Waals surface area contributed by atoms with Crippen molar-refractivity contribution in [3.8, 4) is 0 Å². The lowest BCUT2D eigenvalue weighted by atomic mass is 10.1. The van der Waals surface area contributed by atoms with E-state index in [1.165, 1.54) is 6.08 Å². The fourth-order valence-electron chi connectivity index (χ4n) is 2.16. The van der Waals surface area contributed by atoms with Crippen molar-refractivity contribution in [3.63, 3.8) is 0 Å². The lowest BCUT2D eigenvalue weighted by Crippen LogP contribution is -2.28. The molecule has 1 amide bonds. The van der Waals surface area contributed by atoms with Crippen LogP contribution in [-0.4, -0.2) is 30.4 Å². The highest BCUT2D eigenvalue weighted by atomic mass is 35.5. The second-order valence-electron chi connectivity index (χ2n) is 4.64. The molecule has 1 heterocycles. The summed E-state index contributed by atoms with van der Waals surface area (Å²) in [6.45, 7) is 2.13. The van der Waals surface area contributed by atoms with E-state index in [1.54, 1.807) is 29.2 Å². The molecule has 0 saturated carbocycles. The van der Waals surface area contributed by atoms with Crippen LogP contribution in [0.1, 0.15) is 12.0 Å². The maximum atomic E-state index is 12.0. The van der Waals surface area contributed by atoms with Crippen molar-refractivity contribution in [2.75, 3.05) is 19.6 Å². The molecule has 0 aromatic heterocycles. The monoisotopic (exact) mass is 298 g/mol. The number of rotatable bonds is 3. The van der Waals surface area contributed by atoms with Gasteiger partial charge in [0, 0.05) is 34.8 Å². The summed E-state index contributed by atoms with van der Waals surface area (Å²) in [6, 6.07) is 5.27. The minimum atomic E-state index is -0.0214. The molecule has 0 spiro atoms. The Kier molecular flexibility index (Phi) is 4.86. The van der Waals surface area contributed by atoms with Crippen LogP contribution in [0.25, 0.3) is 6.08 Å². The largest absolute Gasteiger partial charge is 0.339 e. The molecule has 102 valence electrons. The van der Waals surface area contributed by atoms with Gasteiger partial charge in [-0.25, -0.2) is 0 Å². The van der Waals surface area contributed by atoms with E-state index in [0.29, 0.717) is 28.1 Å². The first kappa shape index (κ1) is 14.4. The van der Waals surface area contributed by atoms with E-state index in [1.807, 2.05) is 0 Å². The predicted molar refractivity (Wildman–Crippen MR) is 79.2 cm³/mol. The van der Waals surface area contributed by atoms with Crippen LogP contribution in [0, 0.1) is 5.92 Å². The number of halogens is 2. The Morgan fingerprint density at radius 2 is 2.11 bits per heavy atom. The van der Waals surface area contributed by atoms with Crippen molar-refractivity contribution >= 4 is 35.2 Å². The lowest BCUT2D eigenvalue weighted by Gasteiger charge is -2.13. The minimum Gasteiger partial charge on any atom is -0.339 e. The number of benzene rings is 1. The molecular weight excluding hydrogens is 283 g/mol. The zero-order valence-electron chi connectivity index (χ0n) is 10.5. The van der Waals surface area contributed by atoms with Crippen LogP contribution in [0.2, 0.25) is 10.0 Å². The number of amides is 1. The van der Waals surface area contributed by atoms with Gasteiger partial charge in [0.15, 0.2) is 0 Å². The summed E-state index contributed by atoms with van der Waals surface area (Å²) < 4.78 is 0. The van der Waals surface area contributed by atoms with Crippen LogP contribution in [0.3, 0.4) is 0 Å². The van der Waals surface area contributed by atoms with Crippen LogP contribution in [0.4, 0.5) is 0 Å². The Bertz CT molecular complexity index is 482. The van der Waals surface area contributed by atoms with Crippen LogP contribution >= 0.6 is 23.2 Å². The molecule has 0 bridgehead atoms. The van der Waals surface area contributed by atoms with Gasteiger partial charge in [0.2, 0.25) is 5.91 Å². The standard InChI is InChI=1S/C14H16Cl2N2O/c15-12-2-1-3-13(16)11(12)4-5-14(19)18-7-6-10(8-17)9-18/h1-5,10H,6-9,17H2. The maximum Gasteiger partial charge on any atom is 0.246 e. The van der Waals surface area contributed by atoms with E-state index in [0.717, 1.165) is 19.5 Å². The van der Waals surface area contributed by atoms with Crippen LogP contribution in [-0.2, 0) is 4.79 Å². The summed E-state index contributed by atoms with van der Waals surface area (Å²) in [4.78, 5) is 13.8. The SMILES string of the molecule is NCC1CCN(C(=O)C=Cc2c(Cl)cccc2Cl)C1. The minimum absolute atomic E-state index is 0.0214. The summed E-state index contributed by atoms with van der Waals surface area (Å²) in [7, 11) is 0. The van der Waals surface area contributed by atoms with Crippen molar-refractivity contribution in [1.82, 2.24) is 4.90 Å². The molecule has 1 aliphatic rings. The quantitative estimate of drug-likeness (QED) is 0.872. The first-order chi connectivity index (χ1) is 9.11. The molecule has 1 atom stereocenters. The number of carbonyl (C=O) groups excluding carboxylic acids is 1. The van der Waals surface area contributed by atoms with Gasteiger partial charge < -0.3 is 10.6 Å². The van der Waals surface area contributed by atoms with E-state index in [4.69, 9.17) is 28.9 Å². The molecule has 2 rings (SSSR count). The highest BCUT2D eigenvalue weighted by molar-refractivity contribution is 6.37. The van der Waals surface area contributed by atoms with Gasteiger partial charge in [0.25, 0.3) is 0 Å².